The first-order valence-corrected chi connectivity index (χ1v) is 9.39. The largest absolute Gasteiger partial charge is 0.382 e. The number of fused-ring (bicyclic) bond motifs is 1. The third kappa shape index (κ3) is 3.51. The van der Waals surface area contributed by atoms with Gasteiger partial charge in [0.2, 0.25) is 0 Å². The molecule has 1 amide bonds. The fraction of sp³-hybridized carbons (Fsp3) is 0.273. The minimum atomic E-state index is -0.762. The van der Waals surface area contributed by atoms with Gasteiger partial charge in [0.15, 0.2) is 0 Å². The van der Waals surface area contributed by atoms with Crippen molar-refractivity contribution in [3.8, 4) is 0 Å². The summed E-state index contributed by atoms with van der Waals surface area (Å²) < 4.78 is 1.89. The number of anilines is 1. The molecular weight excluding hydrogens is 352 g/mol. The van der Waals surface area contributed by atoms with Crippen LogP contribution in [0.3, 0.4) is 0 Å². The lowest BCUT2D eigenvalue weighted by atomic mass is 10.1. The Hall–Kier alpha value is -3.12. The van der Waals surface area contributed by atoms with Gasteiger partial charge in [0, 0.05) is 31.9 Å². The van der Waals surface area contributed by atoms with Crippen LogP contribution in [-0.2, 0) is 13.1 Å². The number of aliphatic hydroxyl groups excluding tert-OH is 1. The highest BCUT2D eigenvalue weighted by atomic mass is 16.3. The van der Waals surface area contributed by atoms with Gasteiger partial charge in [-0.25, -0.2) is 0 Å². The lowest BCUT2D eigenvalue weighted by Crippen LogP contribution is -2.38. The summed E-state index contributed by atoms with van der Waals surface area (Å²) in [5, 5.41) is 15.2. The summed E-state index contributed by atoms with van der Waals surface area (Å²) in [5.74, 6) is 0.0166. The van der Waals surface area contributed by atoms with Gasteiger partial charge >= 0.3 is 0 Å². The van der Waals surface area contributed by atoms with Crippen LogP contribution in [0.2, 0.25) is 0 Å². The zero-order valence-corrected chi connectivity index (χ0v) is 16.1. The molecule has 0 saturated heterocycles. The Bertz CT molecular complexity index is 964. The van der Waals surface area contributed by atoms with Crippen molar-refractivity contribution in [3.63, 3.8) is 0 Å². The van der Waals surface area contributed by atoms with Crippen molar-refractivity contribution >= 4 is 11.6 Å². The molecule has 4 rings (SSSR count). The van der Waals surface area contributed by atoms with Gasteiger partial charge < -0.3 is 14.9 Å². The second kappa shape index (κ2) is 7.48. The van der Waals surface area contributed by atoms with Crippen LogP contribution in [0.4, 0.5) is 5.69 Å². The molecule has 6 nitrogen and oxygen atoms in total. The summed E-state index contributed by atoms with van der Waals surface area (Å²) in [4.78, 5) is 16.7. The molecule has 2 heterocycles. The molecule has 1 atom stereocenters. The molecule has 2 aromatic carbocycles. The van der Waals surface area contributed by atoms with Gasteiger partial charge in [0.05, 0.1) is 24.5 Å². The van der Waals surface area contributed by atoms with Crippen LogP contribution in [0, 0.1) is 0 Å². The molecule has 1 N–H and O–H groups in total. The molecule has 0 saturated carbocycles. The smallest absolute Gasteiger partial charge is 0.254 e. The number of hydrogen-bond donors (Lipinski definition) is 1. The monoisotopic (exact) mass is 376 g/mol. The molecule has 3 aromatic rings. The van der Waals surface area contributed by atoms with E-state index < -0.39 is 6.10 Å². The average molecular weight is 376 g/mol. The van der Waals surface area contributed by atoms with Gasteiger partial charge in [0.1, 0.15) is 6.10 Å². The maximum absolute atomic E-state index is 12.9. The molecule has 144 valence electrons. The number of benzene rings is 2. The lowest BCUT2D eigenvalue weighted by molar-refractivity contribution is 0.0706. The number of nitrogens with zero attached hydrogens (tertiary/aromatic N) is 4. The fourth-order valence-electron chi connectivity index (χ4n) is 3.49. The van der Waals surface area contributed by atoms with Crippen LogP contribution >= 0.6 is 0 Å². The van der Waals surface area contributed by atoms with Crippen molar-refractivity contribution in [1.82, 2.24) is 14.7 Å². The third-order valence-corrected chi connectivity index (χ3v) is 5.13. The van der Waals surface area contributed by atoms with Crippen molar-refractivity contribution in [3.05, 3.63) is 83.2 Å². The van der Waals surface area contributed by atoms with Gasteiger partial charge in [-0.15, -0.1) is 0 Å². The molecule has 0 radical (unpaired) electrons. The van der Waals surface area contributed by atoms with Crippen LogP contribution < -0.4 is 4.90 Å². The van der Waals surface area contributed by atoms with Crippen molar-refractivity contribution < 1.29 is 9.90 Å². The van der Waals surface area contributed by atoms with Crippen LogP contribution in [-0.4, -0.2) is 46.3 Å². The Balaban J connectivity index is 1.50. The zero-order chi connectivity index (χ0) is 19.7. The minimum Gasteiger partial charge on any atom is -0.382 e. The second-order valence-corrected chi connectivity index (χ2v) is 7.26. The standard InChI is InChI=1S/C22H24N4O2/c1-24(2)18-10-8-17(9-11-18)22(28)25-12-13-26-19(15-25)14-20(23-26)21(27)16-6-4-3-5-7-16/h3-11,14,21,27H,12-13,15H2,1-2H3/t21-/m1/s1. The Kier molecular flexibility index (Phi) is 4.88. The number of amides is 1. The second-order valence-electron chi connectivity index (χ2n) is 7.26. The van der Waals surface area contributed by atoms with Gasteiger partial charge in [-0.2, -0.15) is 5.10 Å². The van der Waals surface area contributed by atoms with Crippen molar-refractivity contribution in [2.75, 3.05) is 25.5 Å². The minimum absolute atomic E-state index is 0.0166. The van der Waals surface area contributed by atoms with Crippen molar-refractivity contribution in [1.29, 1.82) is 0 Å². The van der Waals surface area contributed by atoms with E-state index in [-0.39, 0.29) is 5.91 Å². The molecule has 1 aliphatic rings. The molecule has 0 bridgehead atoms. The maximum atomic E-state index is 12.9. The SMILES string of the molecule is CN(C)c1ccc(C(=O)N2CCn3nc([C@H](O)c4ccccc4)cc3C2)cc1. The van der Waals surface area contributed by atoms with E-state index in [1.165, 1.54) is 0 Å². The lowest BCUT2D eigenvalue weighted by Gasteiger charge is -2.28. The number of aliphatic hydroxyl groups is 1. The van der Waals surface area contributed by atoms with E-state index in [1.807, 2.05) is 89.2 Å². The van der Waals surface area contributed by atoms with E-state index in [9.17, 15) is 9.90 Å². The summed E-state index contributed by atoms with van der Waals surface area (Å²) in [6.07, 6.45) is -0.762. The zero-order valence-electron chi connectivity index (χ0n) is 16.1. The van der Waals surface area contributed by atoms with E-state index in [2.05, 4.69) is 5.10 Å². The van der Waals surface area contributed by atoms with E-state index in [0.717, 1.165) is 16.9 Å². The quantitative estimate of drug-likeness (QED) is 0.761. The molecule has 0 fully saturated rings. The van der Waals surface area contributed by atoms with Crippen LogP contribution in [0.1, 0.15) is 33.4 Å². The van der Waals surface area contributed by atoms with E-state index in [1.54, 1.807) is 0 Å². The number of rotatable bonds is 4. The Morgan fingerprint density at radius 3 is 2.46 bits per heavy atom. The first kappa shape index (κ1) is 18.3. The van der Waals surface area contributed by atoms with Crippen LogP contribution in [0.5, 0.6) is 0 Å². The highest BCUT2D eigenvalue weighted by molar-refractivity contribution is 5.94. The summed E-state index contributed by atoms with van der Waals surface area (Å²) >= 11 is 0. The summed E-state index contributed by atoms with van der Waals surface area (Å²) in [7, 11) is 3.95. The van der Waals surface area contributed by atoms with Gasteiger partial charge in [0.25, 0.3) is 5.91 Å². The molecule has 0 spiro atoms. The number of hydrogen-bond acceptors (Lipinski definition) is 4. The Morgan fingerprint density at radius 1 is 1.07 bits per heavy atom. The highest BCUT2D eigenvalue weighted by Gasteiger charge is 2.25. The first-order chi connectivity index (χ1) is 13.5. The predicted octanol–water partition coefficient (Wildman–Crippen LogP) is 2.69. The van der Waals surface area contributed by atoms with Gasteiger partial charge in [-0.1, -0.05) is 30.3 Å². The van der Waals surface area contributed by atoms with E-state index in [4.69, 9.17) is 0 Å². The summed E-state index contributed by atoms with van der Waals surface area (Å²) in [6, 6.07) is 19.0. The number of carbonyl (C=O) groups is 1. The summed E-state index contributed by atoms with van der Waals surface area (Å²) in [5.41, 5.74) is 4.11. The van der Waals surface area contributed by atoms with Crippen molar-refractivity contribution in [2.45, 2.75) is 19.2 Å². The van der Waals surface area contributed by atoms with E-state index >= 15 is 0 Å². The van der Waals surface area contributed by atoms with Crippen molar-refractivity contribution in [2.24, 2.45) is 0 Å². The Labute approximate surface area is 164 Å². The molecule has 1 aromatic heterocycles. The Morgan fingerprint density at radius 2 is 1.79 bits per heavy atom. The normalized spacial score (nSPS) is 14.5. The number of carbonyl (C=O) groups excluding carboxylic acids is 1. The summed E-state index contributed by atoms with van der Waals surface area (Å²) in [6.45, 7) is 1.71. The van der Waals surface area contributed by atoms with Crippen LogP contribution in [0.15, 0.2) is 60.7 Å². The van der Waals surface area contributed by atoms with Gasteiger partial charge in [-0.05, 0) is 35.9 Å². The fourth-order valence-corrected chi connectivity index (χ4v) is 3.49. The van der Waals surface area contributed by atoms with Crippen LogP contribution in [0.25, 0.3) is 0 Å². The number of aromatic nitrogens is 2. The molecule has 28 heavy (non-hydrogen) atoms. The molecule has 0 aliphatic carbocycles. The average Bonchev–Trinajstić information content (AvgIpc) is 3.16. The predicted molar refractivity (Wildman–Crippen MR) is 108 cm³/mol. The first-order valence-electron chi connectivity index (χ1n) is 9.39. The van der Waals surface area contributed by atoms with Gasteiger partial charge in [-0.3, -0.25) is 9.48 Å². The molecule has 6 heteroatoms. The topological polar surface area (TPSA) is 61.6 Å². The highest BCUT2D eigenvalue weighted by Crippen LogP contribution is 2.24. The third-order valence-electron chi connectivity index (χ3n) is 5.13. The molecular formula is C22H24N4O2. The van der Waals surface area contributed by atoms with E-state index in [0.29, 0.717) is 30.9 Å². The molecule has 1 aliphatic heterocycles. The maximum Gasteiger partial charge on any atom is 0.254 e. The molecule has 0 unspecified atom stereocenters.